The van der Waals surface area contributed by atoms with E-state index in [1.54, 1.807) is 23.3 Å². The van der Waals surface area contributed by atoms with Crippen LogP contribution in [0.15, 0.2) is 55.3 Å². The number of hydrogen-bond acceptors (Lipinski definition) is 1. The molecule has 0 unspecified atom stereocenters. The Balaban J connectivity index is 2.72. The number of amides is 1. The Labute approximate surface area is 103 Å². The second-order valence-electron chi connectivity index (χ2n) is 4.13. The van der Waals surface area contributed by atoms with Crippen LogP contribution in [-0.4, -0.2) is 16.8 Å². The summed E-state index contributed by atoms with van der Waals surface area (Å²) < 4.78 is 0. The van der Waals surface area contributed by atoms with E-state index in [-0.39, 0.29) is 11.9 Å². The SMILES string of the molecule is C=C/C=C/N(C(=O)Cc1ccccc1)C(C)C. The van der Waals surface area contributed by atoms with Gasteiger partial charge in [-0.3, -0.25) is 4.79 Å². The molecular weight excluding hydrogens is 210 g/mol. The third-order valence-electron chi connectivity index (χ3n) is 2.43. The van der Waals surface area contributed by atoms with E-state index in [1.165, 1.54) is 0 Å². The average Bonchev–Trinajstić information content (AvgIpc) is 2.30. The molecule has 0 atom stereocenters. The normalized spacial score (nSPS) is 10.8. The Bertz CT molecular complexity index is 393. The first-order valence-corrected chi connectivity index (χ1v) is 5.79. The molecule has 0 saturated carbocycles. The fourth-order valence-corrected chi connectivity index (χ4v) is 1.56. The van der Waals surface area contributed by atoms with E-state index in [4.69, 9.17) is 0 Å². The molecule has 0 saturated heterocycles. The largest absolute Gasteiger partial charge is 0.316 e. The van der Waals surface area contributed by atoms with Crippen molar-refractivity contribution in [2.75, 3.05) is 0 Å². The summed E-state index contributed by atoms with van der Waals surface area (Å²) in [6.07, 6.45) is 5.66. The third kappa shape index (κ3) is 4.27. The van der Waals surface area contributed by atoms with E-state index in [2.05, 4.69) is 6.58 Å². The Morgan fingerprint density at radius 1 is 1.35 bits per heavy atom. The van der Waals surface area contributed by atoms with Crippen LogP contribution < -0.4 is 0 Å². The molecule has 1 aromatic carbocycles. The number of rotatable bonds is 5. The van der Waals surface area contributed by atoms with E-state index in [1.807, 2.05) is 44.2 Å². The van der Waals surface area contributed by atoms with Crippen LogP contribution in [0.2, 0.25) is 0 Å². The molecule has 1 aromatic rings. The number of carbonyl (C=O) groups is 1. The lowest BCUT2D eigenvalue weighted by Gasteiger charge is -2.22. The predicted octanol–water partition coefficient (Wildman–Crippen LogP) is 3.17. The van der Waals surface area contributed by atoms with Crippen LogP contribution in [0.5, 0.6) is 0 Å². The number of nitrogens with zero attached hydrogens (tertiary/aromatic N) is 1. The zero-order chi connectivity index (χ0) is 12.7. The van der Waals surface area contributed by atoms with Gasteiger partial charge in [0.2, 0.25) is 5.91 Å². The van der Waals surface area contributed by atoms with Gasteiger partial charge in [-0.05, 0) is 25.5 Å². The Kier molecular flexibility index (Phi) is 5.21. The predicted molar refractivity (Wildman–Crippen MR) is 71.5 cm³/mol. The summed E-state index contributed by atoms with van der Waals surface area (Å²) in [4.78, 5) is 13.8. The highest BCUT2D eigenvalue weighted by Crippen LogP contribution is 2.07. The molecule has 0 aromatic heterocycles. The lowest BCUT2D eigenvalue weighted by molar-refractivity contribution is -0.129. The molecule has 1 rings (SSSR count). The van der Waals surface area contributed by atoms with Crippen molar-refractivity contribution in [1.29, 1.82) is 0 Å². The van der Waals surface area contributed by atoms with E-state index in [0.717, 1.165) is 5.56 Å². The lowest BCUT2D eigenvalue weighted by atomic mass is 10.1. The third-order valence-corrected chi connectivity index (χ3v) is 2.43. The Hall–Kier alpha value is -1.83. The van der Waals surface area contributed by atoms with Gasteiger partial charge in [0.15, 0.2) is 0 Å². The fourth-order valence-electron chi connectivity index (χ4n) is 1.56. The zero-order valence-corrected chi connectivity index (χ0v) is 10.5. The Morgan fingerprint density at radius 2 is 2.00 bits per heavy atom. The summed E-state index contributed by atoms with van der Waals surface area (Å²) in [5.74, 6) is 0.101. The van der Waals surface area contributed by atoms with E-state index < -0.39 is 0 Å². The number of benzene rings is 1. The van der Waals surface area contributed by atoms with E-state index >= 15 is 0 Å². The summed E-state index contributed by atoms with van der Waals surface area (Å²) in [5.41, 5.74) is 1.04. The average molecular weight is 229 g/mol. The molecule has 0 aliphatic heterocycles. The monoisotopic (exact) mass is 229 g/mol. The number of allylic oxidation sites excluding steroid dienone is 2. The van der Waals surface area contributed by atoms with Crippen molar-refractivity contribution < 1.29 is 4.79 Å². The number of carbonyl (C=O) groups excluding carboxylic acids is 1. The first kappa shape index (κ1) is 13.2. The van der Waals surface area contributed by atoms with Crippen LogP contribution in [0.25, 0.3) is 0 Å². The van der Waals surface area contributed by atoms with Gasteiger partial charge in [-0.25, -0.2) is 0 Å². The van der Waals surface area contributed by atoms with Crippen molar-refractivity contribution in [2.24, 2.45) is 0 Å². The van der Waals surface area contributed by atoms with Gasteiger partial charge in [-0.15, -0.1) is 0 Å². The maximum absolute atomic E-state index is 12.1. The van der Waals surface area contributed by atoms with Crippen LogP contribution in [-0.2, 0) is 11.2 Å². The van der Waals surface area contributed by atoms with Crippen molar-refractivity contribution in [1.82, 2.24) is 4.90 Å². The molecule has 0 spiro atoms. The fraction of sp³-hybridized carbons (Fsp3) is 0.267. The van der Waals surface area contributed by atoms with Crippen LogP contribution in [0.4, 0.5) is 0 Å². The molecule has 90 valence electrons. The summed E-state index contributed by atoms with van der Waals surface area (Å²) in [6, 6.07) is 9.93. The van der Waals surface area contributed by atoms with Gasteiger partial charge in [0.25, 0.3) is 0 Å². The molecule has 17 heavy (non-hydrogen) atoms. The van der Waals surface area contributed by atoms with Gasteiger partial charge in [0.1, 0.15) is 0 Å². The van der Waals surface area contributed by atoms with Gasteiger partial charge in [-0.2, -0.15) is 0 Å². The van der Waals surface area contributed by atoms with E-state index in [9.17, 15) is 4.79 Å². The van der Waals surface area contributed by atoms with Crippen molar-refractivity contribution in [3.05, 3.63) is 60.8 Å². The van der Waals surface area contributed by atoms with Crippen molar-refractivity contribution in [3.63, 3.8) is 0 Å². The minimum atomic E-state index is 0.101. The maximum atomic E-state index is 12.1. The first-order valence-electron chi connectivity index (χ1n) is 5.79. The summed E-state index contributed by atoms with van der Waals surface area (Å²) in [5, 5.41) is 0. The molecule has 0 heterocycles. The molecule has 0 bridgehead atoms. The highest BCUT2D eigenvalue weighted by molar-refractivity contribution is 5.80. The summed E-state index contributed by atoms with van der Waals surface area (Å²) in [7, 11) is 0. The highest BCUT2D eigenvalue weighted by atomic mass is 16.2. The van der Waals surface area contributed by atoms with Crippen LogP contribution >= 0.6 is 0 Å². The molecule has 0 aliphatic carbocycles. The van der Waals surface area contributed by atoms with Crippen LogP contribution in [0, 0.1) is 0 Å². The van der Waals surface area contributed by atoms with Crippen molar-refractivity contribution in [3.8, 4) is 0 Å². The van der Waals surface area contributed by atoms with Crippen LogP contribution in [0.3, 0.4) is 0 Å². The topological polar surface area (TPSA) is 20.3 Å². The van der Waals surface area contributed by atoms with Crippen molar-refractivity contribution >= 4 is 5.91 Å². The second-order valence-corrected chi connectivity index (χ2v) is 4.13. The van der Waals surface area contributed by atoms with Gasteiger partial charge in [0.05, 0.1) is 6.42 Å². The summed E-state index contributed by atoms with van der Waals surface area (Å²) >= 11 is 0. The standard InChI is InChI=1S/C15H19NO/c1-4-5-11-16(13(2)3)15(17)12-14-9-7-6-8-10-14/h4-11,13H,1,12H2,2-3H3/b11-5+. The van der Waals surface area contributed by atoms with Gasteiger partial charge in [0, 0.05) is 12.2 Å². The summed E-state index contributed by atoms with van der Waals surface area (Å²) in [6.45, 7) is 7.60. The molecule has 2 nitrogen and oxygen atoms in total. The zero-order valence-electron chi connectivity index (χ0n) is 10.5. The first-order chi connectivity index (χ1) is 8.15. The molecule has 0 fully saturated rings. The van der Waals surface area contributed by atoms with Crippen molar-refractivity contribution in [2.45, 2.75) is 26.3 Å². The van der Waals surface area contributed by atoms with Gasteiger partial charge < -0.3 is 4.90 Å². The molecular formula is C15H19NO. The highest BCUT2D eigenvalue weighted by Gasteiger charge is 2.14. The molecule has 0 radical (unpaired) electrons. The van der Waals surface area contributed by atoms with Gasteiger partial charge in [-0.1, -0.05) is 43.0 Å². The molecule has 2 heteroatoms. The molecule has 1 amide bonds. The molecule has 0 N–H and O–H groups in total. The second kappa shape index (κ2) is 6.69. The number of hydrogen-bond donors (Lipinski definition) is 0. The smallest absolute Gasteiger partial charge is 0.231 e. The molecule has 0 aliphatic rings. The van der Waals surface area contributed by atoms with E-state index in [0.29, 0.717) is 6.42 Å². The lowest BCUT2D eigenvalue weighted by Crippen LogP contribution is -2.33. The minimum Gasteiger partial charge on any atom is -0.316 e. The minimum absolute atomic E-state index is 0.101. The maximum Gasteiger partial charge on any atom is 0.231 e. The quantitative estimate of drug-likeness (QED) is 0.710. The van der Waals surface area contributed by atoms with Crippen LogP contribution in [0.1, 0.15) is 19.4 Å². The van der Waals surface area contributed by atoms with Gasteiger partial charge >= 0.3 is 0 Å². The Morgan fingerprint density at radius 3 is 2.53 bits per heavy atom.